The third-order valence-corrected chi connectivity index (χ3v) is 6.12. The number of halogens is 1. The first-order valence-electron chi connectivity index (χ1n) is 10.9. The highest BCUT2D eigenvalue weighted by Crippen LogP contribution is 2.34. The van der Waals surface area contributed by atoms with E-state index in [2.05, 4.69) is 37.0 Å². The lowest BCUT2D eigenvalue weighted by atomic mass is 9.90. The Morgan fingerprint density at radius 1 is 1.39 bits per heavy atom. The van der Waals surface area contributed by atoms with E-state index in [4.69, 9.17) is 11.3 Å². The number of nitrogens with zero attached hydrogens (tertiary/aromatic N) is 5. The van der Waals surface area contributed by atoms with Crippen molar-refractivity contribution in [2.45, 2.75) is 32.2 Å². The van der Waals surface area contributed by atoms with Gasteiger partial charge in [0.1, 0.15) is 11.5 Å². The smallest absolute Gasteiger partial charge is 0.231 e. The zero-order valence-corrected chi connectivity index (χ0v) is 18.6. The highest BCUT2D eigenvalue weighted by Gasteiger charge is 2.27. The van der Waals surface area contributed by atoms with Gasteiger partial charge in [-0.15, -0.1) is 0 Å². The fraction of sp³-hybridized carbons (Fsp3) is 0.435. The van der Waals surface area contributed by atoms with E-state index in [1.165, 1.54) is 12.3 Å². The third-order valence-electron chi connectivity index (χ3n) is 6.12. The first-order chi connectivity index (χ1) is 16.0. The summed E-state index contributed by atoms with van der Waals surface area (Å²) in [5.74, 6) is 0.432. The Bertz CT molecular complexity index is 1180. The second-order valence-corrected chi connectivity index (χ2v) is 8.19. The molecule has 9 nitrogen and oxygen atoms in total. The van der Waals surface area contributed by atoms with Crippen LogP contribution in [0.5, 0.6) is 0 Å². The molecule has 2 N–H and O–H groups in total. The largest absolute Gasteiger partial charge is 0.384 e. The molecule has 3 aromatic heterocycles. The lowest BCUT2D eigenvalue weighted by Gasteiger charge is -2.35. The maximum absolute atomic E-state index is 13.8. The van der Waals surface area contributed by atoms with E-state index in [-0.39, 0.29) is 17.6 Å². The lowest BCUT2D eigenvalue weighted by Crippen LogP contribution is -2.42. The van der Waals surface area contributed by atoms with Crippen LogP contribution < -0.4 is 5.32 Å². The third kappa shape index (κ3) is 4.93. The van der Waals surface area contributed by atoms with Gasteiger partial charge in [-0.1, -0.05) is 0 Å². The molecule has 172 valence electrons. The molecule has 1 atom stereocenters. The molecule has 1 aliphatic rings. The van der Waals surface area contributed by atoms with Crippen LogP contribution in [-0.2, 0) is 9.53 Å². The van der Waals surface area contributed by atoms with Gasteiger partial charge >= 0.3 is 0 Å². The average Bonchev–Trinajstić information content (AvgIpc) is 3.25. The molecule has 0 aliphatic carbocycles. The van der Waals surface area contributed by atoms with Crippen LogP contribution in [0.4, 0.5) is 16.0 Å². The van der Waals surface area contributed by atoms with Gasteiger partial charge in [-0.3, -0.25) is 4.79 Å². The van der Waals surface area contributed by atoms with Crippen LogP contribution >= 0.6 is 0 Å². The Labute approximate surface area is 191 Å². The van der Waals surface area contributed by atoms with Gasteiger partial charge in [0.25, 0.3) is 0 Å². The summed E-state index contributed by atoms with van der Waals surface area (Å²) in [6.07, 6.45) is 6.47. The topological polar surface area (TPSA) is 100 Å². The van der Waals surface area contributed by atoms with Crippen molar-refractivity contribution in [1.29, 1.82) is 0 Å². The van der Waals surface area contributed by atoms with Crippen molar-refractivity contribution < 1.29 is 13.9 Å². The molecule has 0 bridgehead atoms. The number of H-pyrrole nitrogens is 1. The molecule has 0 saturated carbocycles. The van der Waals surface area contributed by atoms with Crippen molar-refractivity contribution in [3.05, 3.63) is 41.9 Å². The number of fused-ring (bicyclic) bond motifs is 1. The summed E-state index contributed by atoms with van der Waals surface area (Å²) in [7, 11) is 1.60. The monoisotopic (exact) mass is 451 g/mol. The number of hydrogen-bond donors (Lipinski definition) is 2. The number of anilines is 1. The Balaban J connectivity index is 1.48. The number of methoxy groups -OCH3 is 1. The number of carbonyl (C=O) groups excluding carboxylic acids is 1. The standard InChI is InChI=1S/C23H26FN7O2/c1-14(15-4-7-31(8-5-15)20(32)6-9-33-3)29-23-28-13-19(25-2)21(30-23)18-12-27-22-17(18)10-16(24)11-26-22/h10-15H,4-9H2,1,3H3,(H,26,27)(H,28,29,30). The molecule has 1 saturated heterocycles. The number of hydrogen-bond acceptors (Lipinski definition) is 6. The van der Waals surface area contributed by atoms with E-state index in [1.54, 1.807) is 13.3 Å². The van der Waals surface area contributed by atoms with Gasteiger partial charge in [-0.25, -0.2) is 24.2 Å². The fourth-order valence-electron chi connectivity index (χ4n) is 4.22. The predicted octanol–water partition coefficient (Wildman–Crippen LogP) is 3.79. The SMILES string of the molecule is [C-]#[N+]c1cnc(NC(C)C2CCN(C(=O)CCOC)CC2)nc1-c1c[nH]c2ncc(F)cc12. The van der Waals surface area contributed by atoms with Crippen molar-refractivity contribution >= 4 is 28.6 Å². The molecule has 1 unspecified atom stereocenters. The van der Waals surface area contributed by atoms with E-state index < -0.39 is 5.82 Å². The quantitative estimate of drug-likeness (QED) is 0.530. The summed E-state index contributed by atoms with van der Waals surface area (Å²) in [4.78, 5) is 33.6. The van der Waals surface area contributed by atoms with Gasteiger partial charge in [0, 0.05) is 49.6 Å². The number of aromatic amines is 1. The maximum Gasteiger partial charge on any atom is 0.231 e. The van der Waals surface area contributed by atoms with Crippen molar-refractivity contribution in [1.82, 2.24) is 24.8 Å². The van der Waals surface area contributed by atoms with Gasteiger partial charge in [0.05, 0.1) is 31.5 Å². The molecule has 4 heterocycles. The predicted molar refractivity (Wildman–Crippen MR) is 122 cm³/mol. The second kappa shape index (κ2) is 9.92. The second-order valence-electron chi connectivity index (χ2n) is 8.19. The molecular weight excluding hydrogens is 425 g/mol. The average molecular weight is 452 g/mol. The molecule has 4 rings (SSSR count). The molecule has 33 heavy (non-hydrogen) atoms. The van der Waals surface area contributed by atoms with E-state index in [0.717, 1.165) is 32.1 Å². The van der Waals surface area contributed by atoms with Crippen LogP contribution in [0.15, 0.2) is 24.7 Å². The summed E-state index contributed by atoms with van der Waals surface area (Å²) in [5, 5.41) is 3.91. The van der Waals surface area contributed by atoms with Crippen LogP contribution in [0, 0.1) is 18.3 Å². The number of aromatic nitrogens is 4. The van der Waals surface area contributed by atoms with Crippen LogP contribution in [0.2, 0.25) is 0 Å². The molecule has 1 amide bonds. The first kappa shape index (κ1) is 22.6. The van der Waals surface area contributed by atoms with Crippen molar-refractivity contribution in [2.75, 3.05) is 32.1 Å². The number of piperidine rings is 1. The lowest BCUT2D eigenvalue weighted by molar-refractivity contribution is -0.133. The highest BCUT2D eigenvalue weighted by atomic mass is 19.1. The number of carbonyl (C=O) groups is 1. The molecule has 10 heteroatoms. The number of likely N-dealkylation sites (tertiary alicyclic amines) is 1. The molecule has 0 spiro atoms. The summed E-state index contributed by atoms with van der Waals surface area (Å²) in [5.41, 5.74) is 1.83. The van der Waals surface area contributed by atoms with Crippen molar-refractivity contribution in [3.63, 3.8) is 0 Å². The van der Waals surface area contributed by atoms with E-state index in [0.29, 0.717) is 47.2 Å². The molecule has 0 radical (unpaired) electrons. The fourth-order valence-corrected chi connectivity index (χ4v) is 4.22. The number of amides is 1. The van der Waals surface area contributed by atoms with Gasteiger partial charge in [-0.2, -0.15) is 0 Å². The highest BCUT2D eigenvalue weighted by molar-refractivity contribution is 5.96. The molecule has 1 aliphatic heterocycles. The summed E-state index contributed by atoms with van der Waals surface area (Å²) in [6.45, 7) is 11.4. The molecule has 1 fully saturated rings. The first-order valence-corrected chi connectivity index (χ1v) is 10.9. The number of pyridine rings is 1. The molecule has 3 aromatic rings. The van der Waals surface area contributed by atoms with Gasteiger partial charge in [-0.05, 0) is 31.7 Å². The van der Waals surface area contributed by atoms with E-state index >= 15 is 0 Å². The number of nitrogens with one attached hydrogen (secondary N) is 2. The Hall–Kier alpha value is -3.58. The normalized spacial score (nSPS) is 15.4. The maximum atomic E-state index is 13.8. The van der Waals surface area contributed by atoms with Gasteiger partial charge in [0.15, 0.2) is 0 Å². The van der Waals surface area contributed by atoms with Gasteiger partial charge in [0.2, 0.25) is 17.5 Å². The summed E-state index contributed by atoms with van der Waals surface area (Å²) < 4.78 is 18.8. The summed E-state index contributed by atoms with van der Waals surface area (Å²) >= 11 is 0. The Morgan fingerprint density at radius 2 is 2.18 bits per heavy atom. The summed E-state index contributed by atoms with van der Waals surface area (Å²) in [6, 6.07) is 1.46. The van der Waals surface area contributed by atoms with Gasteiger partial charge < -0.3 is 19.9 Å². The van der Waals surface area contributed by atoms with Crippen LogP contribution in [0.1, 0.15) is 26.2 Å². The van der Waals surface area contributed by atoms with Crippen molar-refractivity contribution in [2.24, 2.45) is 5.92 Å². The minimum Gasteiger partial charge on any atom is -0.384 e. The zero-order chi connectivity index (χ0) is 23.4. The Morgan fingerprint density at radius 3 is 2.91 bits per heavy atom. The minimum atomic E-state index is -0.458. The van der Waals surface area contributed by atoms with E-state index in [9.17, 15) is 9.18 Å². The van der Waals surface area contributed by atoms with Crippen LogP contribution in [0.3, 0.4) is 0 Å². The molecular formula is C23H26FN7O2. The minimum absolute atomic E-state index is 0.0787. The zero-order valence-electron chi connectivity index (χ0n) is 18.6. The Kier molecular flexibility index (Phi) is 6.79. The molecule has 0 aromatic carbocycles. The number of rotatable bonds is 7. The van der Waals surface area contributed by atoms with Crippen molar-refractivity contribution in [3.8, 4) is 11.3 Å². The van der Waals surface area contributed by atoms with Crippen LogP contribution in [-0.4, -0.2) is 63.6 Å². The van der Waals surface area contributed by atoms with Crippen LogP contribution in [0.25, 0.3) is 27.1 Å². The van der Waals surface area contributed by atoms with E-state index in [1.807, 2.05) is 4.90 Å². The number of ether oxygens (including phenoxy) is 1.